The molecule has 0 atom stereocenters. The van der Waals surface area contributed by atoms with Crippen LogP contribution in [0.3, 0.4) is 0 Å². The lowest BCUT2D eigenvalue weighted by Gasteiger charge is -2.08. The Kier molecular flexibility index (Phi) is 6.83. The quantitative estimate of drug-likeness (QED) is 0.286. The Morgan fingerprint density at radius 3 is 2.59 bits per heavy atom. The molecule has 0 radical (unpaired) electrons. The van der Waals surface area contributed by atoms with E-state index in [0.717, 1.165) is 5.56 Å². The van der Waals surface area contributed by atoms with Crippen molar-refractivity contribution in [1.29, 1.82) is 0 Å². The monoisotopic (exact) mass is 482 g/mol. The van der Waals surface area contributed by atoms with E-state index in [4.69, 9.17) is 16.3 Å². The molecule has 0 saturated carbocycles. The number of ether oxygens (including phenoxy) is 1. The highest BCUT2D eigenvalue weighted by Crippen LogP contribution is 2.15. The summed E-state index contributed by atoms with van der Waals surface area (Å²) in [5.74, 6) is 0.233. The Bertz CT molecular complexity index is 1380. The summed E-state index contributed by atoms with van der Waals surface area (Å²) in [6, 6.07) is 12.7. The lowest BCUT2D eigenvalue weighted by atomic mass is 10.2. The number of carbonyl (C=O) groups excluding carboxylic acids is 1. The number of benzene rings is 2. The minimum Gasteiger partial charge on any atom is -0.484 e. The predicted molar refractivity (Wildman–Crippen MR) is 124 cm³/mol. The first-order valence-corrected chi connectivity index (χ1v) is 10.6. The van der Waals surface area contributed by atoms with Crippen molar-refractivity contribution in [2.75, 3.05) is 13.2 Å². The Labute approximate surface area is 197 Å². The number of halogens is 1. The highest BCUT2D eigenvalue weighted by molar-refractivity contribution is 6.30. The van der Waals surface area contributed by atoms with Gasteiger partial charge in [-0.25, -0.2) is 9.67 Å². The van der Waals surface area contributed by atoms with Crippen LogP contribution in [0.4, 0.5) is 5.69 Å². The maximum Gasteiger partial charge on any atom is 0.269 e. The number of amides is 1. The number of nitrogens with zero attached hydrogens (tertiary/aromatic N) is 5. The maximum atomic E-state index is 12.8. The van der Waals surface area contributed by atoms with Gasteiger partial charge in [-0.15, -0.1) is 0 Å². The summed E-state index contributed by atoms with van der Waals surface area (Å²) >= 11 is 5.81. The summed E-state index contributed by atoms with van der Waals surface area (Å²) in [5, 5.41) is 18.6. The molecule has 2 aromatic carbocycles. The Morgan fingerprint density at radius 2 is 1.88 bits per heavy atom. The predicted octanol–water partition coefficient (Wildman–Crippen LogP) is 2.40. The van der Waals surface area contributed by atoms with Crippen LogP contribution < -0.4 is 15.6 Å². The topological polar surface area (TPSA) is 134 Å². The van der Waals surface area contributed by atoms with Crippen molar-refractivity contribution in [3.05, 3.63) is 92.1 Å². The van der Waals surface area contributed by atoms with Crippen LogP contribution in [-0.2, 0) is 17.9 Å². The van der Waals surface area contributed by atoms with E-state index in [1.54, 1.807) is 36.4 Å². The lowest BCUT2D eigenvalue weighted by Crippen LogP contribution is -2.31. The van der Waals surface area contributed by atoms with Gasteiger partial charge in [-0.2, -0.15) is 5.10 Å². The minimum absolute atomic E-state index is 0.0189. The van der Waals surface area contributed by atoms with E-state index in [0.29, 0.717) is 28.4 Å². The van der Waals surface area contributed by atoms with E-state index in [2.05, 4.69) is 15.4 Å². The van der Waals surface area contributed by atoms with Crippen LogP contribution in [0, 0.1) is 10.1 Å². The van der Waals surface area contributed by atoms with Crippen molar-refractivity contribution < 1.29 is 14.5 Å². The highest BCUT2D eigenvalue weighted by atomic mass is 35.5. The van der Waals surface area contributed by atoms with Gasteiger partial charge < -0.3 is 10.1 Å². The normalized spacial score (nSPS) is 10.9. The number of rotatable bonds is 9. The largest absolute Gasteiger partial charge is 0.484 e. The Balaban J connectivity index is 1.34. The zero-order valence-electron chi connectivity index (χ0n) is 17.8. The molecule has 0 saturated heterocycles. The zero-order valence-corrected chi connectivity index (χ0v) is 18.5. The smallest absolute Gasteiger partial charge is 0.269 e. The molecule has 1 amide bonds. The first kappa shape index (κ1) is 22.9. The number of non-ortho nitro benzene ring substituents is 1. The molecule has 0 bridgehead atoms. The molecule has 0 fully saturated rings. The van der Waals surface area contributed by atoms with Gasteiger partial charge >= 0.3 is 0 Å². The number of nitrogens with one attached hydrogen (secondary N) is 1. The van der Waals surface area contributed by atoms with E-state index in [-0.39, 0.29) is 36.9 Å². The molecule has 34 heavy (non-hydrogen) atoms. The van der Waals surface area contributed by atoms with E-state index in [9.17, 15) is 19.7 Å². The molecule has 0 spiro atoms. The van der Waals surface area contributed by atoms with E-state index in [1.165, 1.54) is 33.9 Å². The van der Waals surface area contributed by atoms with Crippen molar-refractivity contribution in [2.45, 2.75) is 13.1 Å². The fraction of sp³-hybridized carbons (Fsp3) is 0.182. The van der Waals surface area contributed by atoms with Gasteiger partial charge in [0.05, 0.1) is 24.2 Å². The van der Waals surface area contributed by atoms with E-state index < -0.39 is 4.92 Å². The van der Waals surface area contributed by atoms with Gasteiger partial charge in [0.15, 0.2) is 12.3 Å². The molecule has 0 aliphatic heterocycles. The highest BCUT2D eigenvalue weighted by Gasteiger charge is 2.12. The Hall–Kier alpha value is -4.25. The standard InChI is InChI=1S/C22H19ClN6O5/c23-16-3-7-18(8-4-16)34-13-20(30)24-9-10-28-21-19(11-26-28)22(31)27(14-25-21)12-15-1-5-17(6-2-15)29(32)33/h1-8,11,14H,9-10,12-13H2,(H,24,30). The summed E-state index contributed by atoms with van der Waals surface area (Å²) in [6.45, 7) is 0.657. The molecule has 0 aliphatic rings. The van der Waals surface area contributed by atoms with Crippen LogP contribution in [0.5, 0.6) is 5.75 Å². The molecular weight excluding hydrogens is 464 g/mol. The number of aromatic nitrogens is 4. The zero-order chi connectivity index (χ0) is 24.1. The van der Waals surface area contributed by atoms with Crippen LogP contribution in [0.1, 0.15) is 5.56 Å². The van der Waals surface area contributed by atoms with Gasteiger partial charge in [-0.05, 0) is 29.8 Å². The first-order valence-electron chi connectivity index (χ1n) is 10.2. The summed E-state index contributed by atoms with van der Waals surface area (Å²) in [4.78, 5) is 39.5. The second-order valence-electron chi connectivity index (χ2n) is 7.30. The van der Waals surface area contributed by atoms with Crippen LogP contribution in [0.2, 0.25) is 5.02 Å². The number of fused-ring (bicyclic) bond motifs is 1. The third kappa shape index (κ3) is 5.38. The van der Waals surface area contributed by atoms with Crippen molar-refractivity contribution in [3.8, 4) is 5.75 Å². The number of nitro groups is 1. The molecule has 4 rings (SSSR count). The molecule has 11 nitrogen and oxygen atoms in total. The second-order valence-corrected chi connectivity index (χ2v) is 7.74. The number of hydrogen-bond donors (Lipinski definition) is 1. The lowest BCUT2D eigenvalue weighted by molar-refractivity contribution is -0.384. The summed E-state index contributed by atoms with van der Waals surface area (Å²) in [7, 11) is 0. The molecule has 2 aromatic heterocycles. The molecule has 1 N–H and O–H groups in total. The summed E-state index contributed by atoms with van der Waals surface area (Å²) < 4.78 is 8.34. The molecule has 174 valence electrons. The number of carbonyl (C=O) groups is 1. The third-order valence-corrected chi connectivity index (χ3v) is 5.20. The molecule has 0 unspecified atom stereocenters. The maximum absolute atomic E-state index is 12.8. The molecule has 2 heterocycles. The van der Waals surface area contributed by atoms with Crippen LogP contribution in [0.25, 0.3) is 11.0 Å². The van der Waals surface area contributed by atoms with Crippen LogP contribution in [-0.4, -0.2) is 43.3 Å². The number of hydrogen-bond acceptors (Lipinski definition) is 7. The fourth-order valence-corrected chi connectivity index (χ4v) is 3.35. The Morgan fingerprint density at radius 1 is 1.15 bits per heavy atom. The third-order valence-electron chi connectivity index (χ3n) is 4.95. The SMILES string of the molecule is O=C(COc1ccc(Cl)cc1)NCCn1ncc2c(=O)n(Cc3ccc([N+](=O)[O-])cc3)cnc21. The van der Waals surface area contributed by atoms with Crippen molar-refractivity contribution in [3.63, 3.8) is 0 Å². The number of nitro benzene ring substituents is 1. The summed E-state index contributed by atoms with van der Waals surface area (Å²) in [6.07, 6.45) is 2.84. The van der Waals surface area contributed by atoms with Crippen molar-refractivity contribution >= 4 is 34.2 Å². The second kappa shape index (κ2) is 10.1. The van der Waals surface area contributed by atoms with E-state index >= 15 is 0 Å². The van der Waals surface area contributed by atoms with Crippen LogP contribution in [0.15, 0.2) is 65.8 Å². The average Bonchev–Trinajstić information content (AvgIpc) is 3.24. The molecule has 4 aromatic rings. The van der Waals surface area contributed by atoms with Crippen molar-refractivity contribution in [1.82, 2.24) is 24.6 Å². The van der Waals surface area contributed by atoms with Crippen molar-refractivity contribution in [2.24, 2.45) is 0 Å². The van der Waals surface area contributed by atoms with Gasteiger partial charge in [0, 0.05) is 23.7 Å². The fourth-order valence-electron chi connectivity index (χ4n) is 3.23. The first-order chi connectivity index (χ1) is 16.4. The van der Waals surface area contributed by atoms with E-state index in [1.807, 2.05) is 0 Å². The van der Waals surface area contributed by atoms with Gasteiger partial charge in [0.2, 0.25) is 0 Å². The average molecular weight is 483 g/mol. The van der Waals surface area contributed by atoms with Gasteiger partial charge in [0.1, 0.15) is 17.5 Å². The molecular formula is C22H19ClN6O5. The molecule has 0 aliphatic carbocycles. The van der Waals surface area contributed by atoms with Crippen LogP contribution >= 0.6 is 11.6 Å². The van der Waals surface area contributed by atoms with Gasteiger partial charge in [-0.3, -0.25) is 24.3 Å². The summed E-state index contributed by atoms with van der Waals surface area (Å²) in [5.41, 5.74) is 0.825. The van der Waals surface area contributed by atoms with Gasteiger partial charge in [0.25, 0.3) is 17.2 Å². The molecule has 12 heteroatoms. The van der Waals surface area contributed by atoms with Gasteiger partial charge in [-0.1, -0.05) is 23.7 Å². The minimum atomic E-state index is -0.479.